The van der Waals surface area contributed by atoms with Gasteiger partial charge in [-0.1, -0.05) is 120 Å². The summed E-state index contributed by atoms with van der Waals surface area (Å²) in [5.41, 5.74) is 19.3. The van der Waals surface area contributed by atoms with Gasteiger partial charge in [0.1, 0.15) is 0 Å². The lowest BCUT2D eigenvalue weighted by Crippen LogP contribution is -1.97. The van der Waals surface area contributed by atoms with Crippen molar-refractivity contribution < 1.29 is 0 Å². The molecule has 0 bridgehead atoms. The van der Waals surface area contributed by atoms with E-state index >= 15 is 0 Å². The van der Waals surface area contributed by atoms with Gasteiger partial charge in [-0.3, -0.25) is 0 Å². The Labute approximate surface area is 348 Å². The first-order valence-corrected chi connectivity index (χ1v) is 20.8. The van der Waals surface area contributed by atoms with Gasteiger partial charge in [-0.25, -0.2) is 0 Å². The summed E-state index contributed by atoms with van der Waals surface area (Å²) in [6.07, 6.45) is 0. The van der Waals surface area contributed by atoms with E-state index in [0.717, 1.165) is 11.4 Å². The Kier molecular flexibility index (Phi) is 7.58. The molecule has 0 atom stereocenters. The maximum Gasteiger partial charge on any atom is 0.0541 e. The highest BCUT2D eigenvalue weighted by Crippen LogP contribution is 2.41. The molecular weight excluding hydrogens is 727 g/mol. The van der Waals surface area contributed by atoms with Gasteiger partial charge in [-0.15, -0.1) is 0 Å². The van der Waals surface area contributed by atoms with Crippen LogP contribution in [-0.4, -0.2) is 13.7 Å². The Balaban J connectivity index is 1.01. The number of hydrogen-bond acceptors (Lipinski definition) is 0. The molecule has 9 aromatic carbocycles. The molecule has 3 aromatic heterocycles. The van der Waals surface area contributed by atoms with Crippen LogP contribution in [0, 0.1) is 20.8 Å². The molecule has 284 valence electrons. The Hall–Kier alpha value is -7.62. The van der Waals surface area contributed by atoms with Crippen LogP contribution in [0.3, 0.4) is 0 Å². The molecule has 0 radical (unpaired) electrons. The second-order valence-electron chi connectivity index (χ2n) is 16.4. The van der Waals surface area contributed by atoms with E-state index in [9.17, 15) is 0 Å². The number of para-hydroxylation sites is 3. The third-order valence-electron chi connectivity index (χ3n) is 12.6. The smallest absolute Gasteiger partial charge is 0.0541 e. The summed E-state index contributed by atoms with van der Waals surface area (Å²) in [6, 6.07) is 72.0. The second kappa shape index (κ2) is 13.2. The molecule has 3 nitrogen and oxygen atoms in total. The highest BCUT2D eigenvalue weighted by atomic mass is 15.0. The molecule has 3 heterocycles. The van der Waals surface area contributed by atoms with Gasteiger partial charge in [0.15, 0.2) is 0 Å². The molecule has 0 aliphatic heterocycles. The summed E-state index contributed by atoms with van der Waals surface area (Å²) < 4.78 is 7.28. The lowest BCUT2D eigenvalue weighted by atomic mass is 10.0. The van der Waals surface area contributed by atoms with Crippen LogP contribution in [0.5, 0.6) is 0 Å². The summed E-state index contributed by atoms with van der Waals surface area (Å²) in [5, 5.41) is 7.57. The fourth-order valence-electron chi connectivity index (χ4n) is 9.79. The molecule has 0 aliphatic rings. The standard InChI is InChI=1S/C57H41N3/c1-36-19-25-42(26-20-36)58-52-17-8-5-14-45(52)50-35-41(24-30-56(50)58)44-13-4-7-16-51(44)60-53-18-9-6-15-46(53)49-34-40(23-29-57(49)60)39-11-10-12-43(33-39)59-54-27-21-37(2)31-47(54)48-32-38(3)22-28-55(48)59/h4-35H,1-3H3. The fourth-order valence-corrected chi connectivity index (χ4v) is 9.79. The monoisotopic (exact) mass is 767 g/mol. The molecule has 0 saturated carbocycles. The molecule has 12 aromatic rings. The molecular formula is C57H41N3. The Morgan fingerprint density at radius 1 is 0.267 bits per heavy atom. The largest absolute Gasteiger partial charge is 0.309 e. The van der Waals surface area contributed by atoms with Crippen LogP contribution in [0.2, 0.25) is 0 Å². The van der Waals surface area contributed by atoms with Crippen molar-refractivity contribution in [2.75, 3.05) is 0 Å². The number of fused-ring (bicyclic) bond motifs is 9. The van der Waals surface area contributed by atoms with Crippen LogP contribution < -0.4 is 0 Å². The van der Waals surface area contributed by atoms with Crippen LogP contribution in [0.25, 0.3) is 105 Å². The molecule has 0 N–H and O–H groups in total. The third-order valence-corrected chi connectivity index (χ3v) is 12.6. The molecule has 0 amide bonds. The van der Waals surface area contributed by atoms with Gasteiger partial charge in [0.25, 0.3) is 0 Å². The van der Waals surface area contributed by atoms with Crippen LogP contribution in [0.4, 0.5) is 0 Å². The van der Waals surface area contributed by atoms with Crippen molar-refractivity contribution >= 4 is 65.4 Å². The van der Waals surface area contributed by atoms with Gasteiger partial charge in [-0.05, 0) is 128 Å². The SMILES string of the molecule is Cc1ccc(-n2c3ccccc3c3cc(-c4ccccc4-n4c5ccccc5c5cc(-c6cccc(-n7c8ccc(C)cc8c8cc(C)ccc87)c6)ccc54)ccc32)cc1. The van der Waals surface area contributed by atoms with E-state index in [1.54, 1.807) is 0 Å². The van der Waals surface area contributed by atoms with Crippen molar-refractivity contribution in [3.8, 4) is 39.3 Å². The van der Waals surface area contributed by atoms with Gasteiger partial charge in [0.2, 0.25) is 0 Å². The average Bonchev–Trinajstić information content (AvgIpc) is 3.91. The van der Waals surface area contributed by atoms with Gasteiger partial charge >= 0.3 is 0 Å². The summed E-state index contributed by atoms with van der Waals surface area (Å²) in [6.45, 7) is 6.50. The van der Waals surface area contributed by atoms with Gasteiger partial charge < -0.3 is 13.7 Å². The zero-order chi connectivity index (χ0) is 40.1. The number of rotatable bonds is 5. The van der Waals surface area contributed by atoms with E-state index in [1.165, 1.54) is 110 Å². The highest BCUT2D eigenvalue weighted by Gasteiger charge is 2.19. The summed E-state index contributed by atoms with van der Waals surface area (Å²) in [7, 11) is 0. The zero-order valence-electron chi connectivity index (χ0n) is 33.8. The first-order chi connectivity index (χ1) is 29.5. The van der Waals surface area contributed by atoms with E-state index in [4.69, 9.17) is 0 Å². The predicted octanol–water partition coefficient (Wildman–Crippen LogP) is 15.2. The number of hydrogen-bond donors (Lipinski definition) is 0. The highest BCUT2D eigenvalue weighted by molar-refractivity contribution is 6.13. The Morgan fingerprint density at radius 2 is 0.733 bits per heavy atom. The number of aromatic nitrogens is 3. The normalized spacial score (nSPS) is 11.9. The van der Waals surface area contributed by atoms with Crippen LogP contribution in [0.1, 0.15) is 16.7 Å². The van der Waals surface area contributed by atoms with Crippen molar-refractivity contribution in [2.24, 2.45) is 0 Å². The summed E-state index contributed by atoms with van der Waals surface area (Å²) in [4.78, 5) is 0. The maximum absolute atomic E-state index is 2.46. The summed E-state index contributed by atoms with van der Waals surface area (Å²) in [5.74, 6) is 0. The maximum atomic E-state index is 2.46. The Morgan fingerprint density at radius 3 is 1.42 bits per heavy atom. The van der Waals surface area contributed by atoms with E-state index in [-0.39, 0.29) is 0 Å². The molecule has 0 saturated heterocycles. The Bertz CT molecular complexity index is 3620. The fraction of sp³-hybridized carbons (Fsp3) is 0.0526. The lowest BCUT2D eigenvalue weighted by Gasteiger charge is -2.15. The van der Waals surface area contributed by atoms with Crippen LogP contribution in [-0.2, 0) is 0 Å². The van der Waals surface area contributed by atoms with E-state index in [1.807, 2.05) is 0 Å². The minimum absolute atomic E-state index is 1.16. The molecule has 0 aliphatic carbocycles. The number of aryl methyl sites for hydroxylation is 3. The summed E-state index contributed by atoms with van der Waals surface area (Å²) >= 11 is 0. The number of nitrogens with zero attached hydrogens (tertiary/aromatic N) is 3. The minimum atomic E-state index is 1.16. The minimum Gasteiger partial charge on any atom is -0.309 e. The van der Waals surface area contributed by atoms with Crippen molar-refractivity contribution in [1.29, 1.82) is 0 Å². The first-order valence-electron chi connectivity index (χ1n) is 20.8. The average molecular weight is 768 g/mol. The van der Waals surface area contributed by atoms with E-state index in [2.05, 4.69) is 229 Å². The van der Waals surface area contributed by atoms with Crippen molar-refractivity contribution in [3.05, 3.63) is 211 Å². The van der Waals surface area contributed by atoms with E-state index < -0.39 is 0 Å². The first kappa shape index (κ1) is 34.4. The molecule has 60 heavy (non-hydrogen) atoms. The second-order valence-corrected chi connectivity index (χ2v) is 16.4. The van der Waals surface area contributed by atoms with Crippen LogP contribution in [0.15, 0.2) is 194 Å². The quantitative estimate of drug-likeness (QED) is 0.166. The molecule has 3 heteroatoms. The molecule has 0 unspecified atom stereocenters. The predicted molar refractivity (Wildman–Crippen MR) is 255 cm³/mol. The zero-order valence-corrected chi connectivity index (χ0v) is 33.8. The third kappa shape index (κ3) is 5.22. The van der Waals surface area contributed by atoms with Gasteiger partial charge in [0, 0.05) is 49.3 Å². The molecule has 0 spiro atoms. The topological polar surface area (TPSA) is 14.8 Å². The molecule has 12 rings (SSSR count). The van der Waals surface area contributed by atoms with Crippen molar-refractivity contribution in [3.63, 3.8) is 0 Å². The van der Waals surface area contributed by atoms with Gasteiger partial charge in [0.05, 0.1) is 38.8 Å². The van der Waals surface area contributed by atoms with Gasteiger partial charge in [-0.2, -0.15) is 0 Å². The van der Waals surface area contributed by atoms with Crippen LogP contribution >= 0.6 is 0 Å². The lowest BCUT2D eigenvalue weighted by molar-refractivity contribution is 1.17. The van der Waals surface area contributed by atoms with Crippen molar-refractivity contribution in [2.45, 2.75) is 20.8 Å². The number of benzene rings is 9. The molecule has 0 fully saturated rings. The van der Waals surface area contributed by atoms with Crippen molar-refractivity contribution in [1.82, 2.24) is 13.7 Å². The van der Waals surface area contributed by atoms with E-state index in [0.29, 0.717) is 0 Å².